The van der Waals surface area contributed by atoms with Crippen LogP contribution in [0.2, 0.25) is 10.0 Å². The minimum Gasteiger partial charge on any atom is -0.350 e. The molecule has 2 amide bonds. The van der Waals surface area contributed by atoms with Gasteiger partial charge in [-0.1, -0.05) is 35.3 Å². The number of carbonyl (C=O) groups excluding carboxylic acids is 2. The maximum Gasteiger partial charge on any atom is 0.252 e. The summed E-state index contributed by atoms with van der Waals surface area (Å²) in [5.74, 6) is -0.591. The Kier molecular flexibility index (Phi) is 6.33. The number of hydrogen-bond acceptors (Lipinski definition) is 3. The first-order valence-corrected chi connectivity index (χ1v) is 7.99. The summed E-state index contributed by atoms with van der Waals surface area (Å²) in [5.41, 5.74) is 0.784. The van der Waals surface area contributed by atoms with E-state index < -0.39 is 0 Å². The molecule has 0 saturated carbocycles. The maximum absolute atomic E-state index is 12.0. The van der Waals surface area contributed by atoms with E-state index in [-0.39, 0.29) is 24.9 Å². The summed E-state index contributed by atoms with van der Waals surface area (Å²) in [6, 6.07) is 11.6. The summed E-state index contributed by atoms with van der Waals surface area (Å²) in [6.07, 6.45) is 0. The molecule has 0 atom stereocenters. The Morgan fingerprint density at radius 2 is 1.52 bits per heavy atom. The predicted molar refractivity (Wildman–Crippen MR) is 94.8 cm³/mol. The van der Waals surface area contributed by atoms with Crippen LogP contribution in [0, 0.1) is 0 Å². The summed E-state index contributed by atoms with van der Waals surface area (Å²) in [7, 11) is 0. The molecule has 0 bridgehead atoms. The minimum atomic E-state index is -0.346. The molecule has 0 aromatic heterocycles. The molecule has 4 nitrogen and oxygen atoms in total. The van der Waals surface area contributed by atoms with Crippen LogP contribution in [-0.2, 0) is 0 Å². The van der Waals surface area contributed by atoms with E-state index in [1.807, 2.05) is 0 Å². The fourth-order valence-electron chi connectivity index (χ4n) is 1.88. The van der Waals surface area contributed by atoms with Crippen LogP contribution in [-0.4, -0.2) is 24.9 Å². The van der Waals surface area contributed by atoms with Crippen molar-refractivity contribution in [3.8, 4) is 0 Å². The number of amides is 2. The Morgan fingerprint density at radius 3 is 2.17 bits per heavy atom. The van der Waals surface area contributed by atoms with Gasteiger partial charge in [0.1, 0.15) is 0 Å². The highest BCUT2D eigenvalue weighted by molar-refractivity contribution is 7.80. The van der Waals surface area contributed by atoms with Gasteiger partial charge in [-0.3, -0.25) is 9.59 Å². The van der Waals surface area contributed by atoms with E-state index >= 15 is 0 Å². The van der Waals surface area contributed by atoms with Crippen molar-refractivity contribution in [3.05, 3.63) is 63.6 Å². The largest absolute Gasteiger partial charge is 0.350 e. The van der Waals surface area contributed by atoms with Crippen molar-refractivity contribution in [1.29, 1.82) is 0 Å². The molecule has 7 heteroatoms. The molecule has 120 valence electrons. The highest BCUT2D eigenvalue weighted by Gasteiger charge is 2.11. The number of benzene rings is 2. The molecule has 2 rings (SSSR count). The molecule has 0 fully saturated rings. The molecular formula is C16H14Cl2N2O2S. The summed E-state index contributed by atoms with van der Waals surface area (Å²) < 4.78 is 0. The third-order valence-electron chi connectivity index (χ3n) is 3.02. The normalized spacial score (nSPS) is 10.2. The number of rotatable bonds is 5. The second kappa shape index (κ2) is 8.24. The van der Waals surface area contributed by atoms with Gasteiger partial charge in [-0.25, -0.2) is 0 Å². The van der Waals surface area contributed by atoms with E-state index in [9.17, 15) is 9.59 Å². The van der Waals surface area contributed by atoms with E-state index in [4.69, 9.17) is 23.2 Å². The average molecular weight is 369 g/mol. The molecule has 2 N–H and O–H groups in total. The van der Waals surface area contributed by atoms with E-state index in [2.05, 4.69) is 23.3 Å². The molecule has 0 unspecified atom stereocenters. The molecule has 0 spiro atoms. The van der Waals surface area contributed by atoms with Crippen molar-refractivity contribution in [3.63, 3.8) is 0 Å². The van der Waals surface area contributed by atoms with Gasteiger partial charge >= 0.3 is 0 Å². The fraction of sp³-hybridized carbons (Fsp3) is 0.125. The lowest BCUT2D eigenvalue weighted by Gasteiger charge is -2.09. The quantitative estimate of drug-likeness (QED) is 0.559. The monoisotopic (exact) mass is 368 g/mol. The van der Waals surface area contributed by atoms with Gasteiger partial charge in [-0.05, 0) is 30.3 Å². The van der Waals surface area contributed by atoms with Crippen molar-refractivity contribution < 1.29 is 9.59 Å². The van der Waals surface area contributed by atoms with Crippen molar-refractivity contribution in [2.75, 3.05) is 13.1 Å². The average Bonchev–Trinajstić information content (AvgIpc) is 2.53. The molecule has 2 aromatic carbocycles. The Hall–Kier alpha value is -1.69. The summed E-state index contributed by atoms with van der Waals surface area (Å²) in [5, 5.41) is 6.13. The number of nitrogens with one attached hydrogen (secondary N) is 2. The molecule has 0 saturated heterocycles. The predicted octanol–water partition coefficient (Wildman–Crippen LogP) is 3.44. The van der Waals surface area contributed by atoms with E-state index in [0.29, 0.717) is 26.1 Å². The maximum atomic E-state index is 12.0. The number of carbonyl (C=O) groups is 2. The number of hydrogen-bond donors (Lipinski definition) is 3. The first-order valence-electron chi connectivity index (χ1n) is 6.78. The van der Waals surface area contributed by atoms with Crippen LogP contribution < -0.4 is 10.6 Å². The van der Waals surface area contributed by atoms with Crippen molar-refractivity contribution >= 4 is 47.6 Å². The van der Waals surface area contributed by atoms with Gasteiger partial charge in [0.2, 0.25) is 0 Å². The molecule has 23 heavy (non-hydrogen) atoms. The van der Waals surface area contributed by atoms with E-state index in [0.717, 1.165) is 0 Å². The van der Waals surface area contributed by atoms with Gasteiger partial charge in [0.15, 0.2) is 0 Å². The SMILES string of the molecule is O=C(NCCNC(=O)c1cc(Cl)ccc1Cl)c1ccccc1S. The first kappa shape index (κ1) is 17.7. The minimum absolute atomic E-state index is 0.245. The van der Waals surface area contributed by atoms with Crippen molar-refractivity contribution in [1.82, 2.24) is 10.6 Å². The molecule has 0 aliphatic heterocycles. The Labute approximate surface area is 149 Å². The molecule has 0 radical (unpaired) electrons. The Morgan fingerprint density at radius 1 is 0.913 bits per heavy atom. The van der Waals surface area contributed by atoms with Gasteiger partial charge in [-0.15, -0.1) is 12.6 Å². The van der Waals surface area contributed by atoms with Gasteiger partial charge in [0, 0.05) is 23.0 Å². The van der Waals surface area contributed by atoms with Crippen LogP contribution in [0.5, 0.6) is 0 Å². The second-order valence-electron chi connectivity index (χ2n) is 4.65. The van der Waals surface area contributed by atoms with Crippen LogP contribution in [0.25, 0.3) is 0 Å². The molecule has 0 aliphatic carbocycles. The lowest BCUT2D eigenvalue weighted by atomic mass is 10.2. The highest BCUT2D eigenvalue weighted by Crippen LogP contribution is 2.20. The topological polar surface area (TPSA) is 58.2 Å². The smallest absolute Gasteiger partial charge is 0.252 e. The summed E-state index contributed by atoms with van der Waals surface area (Å²) in [6.45, 7) is 0.549. The fourth-order valence-corrected chi connectivity index (χ4v) is 2.52. The lowest BCUT2D eigenvalue weighted by Crippen LogP contribution is -2.34. The third kappa shape index (κ3) is 4.89. The van der Waals surface area contributed by atoms with Gasteiger partial charge in [-0.2, -0.15) is 0 Å². The van der Waals surface area contributed by atoms with Crippen LogP contribution in [0.1, 0.15) is 20.7 Å². The zero-order valence-electron chi connectivity index (χ0n) is 12.0. The van der Waals surface area contributed by atoms with Gasteiger partial charge in [0.05, 0.1) is 16.1 Å². The summed E-state index contributed by atoms with van der Waals surface area (Å²) in [4.78, 5) is 24.6. The van der Waals surface area contributed by atoms with E-state index in [1.165, 1.54) is 6.07 Å². The molecule has 0 heterocycles. The van der Waals surface area contributed by atoms with Gasteiger partial charge < -0.3 is 10.6 Å². The standard InChI is InChI=1S/C16H14Cl2N2O2S/c17-10-5-6-13(18)12(9-10)16(22)20-8-7-19-15(21)11-3-1-2-4-14(11)23/h1-6,9,23H,7-8H2,(H,19,21)(H,20,22). The van der Waals surface area contributed by atoms with Crippen LogP contribution >= 0.6 is 35.8 Å². The lowest BCUT2D eigenvalue weighted by molar-refractivity contribution is 0.0926. The van der Waals surface area contributed by atoms with Gasteiger partial charge in [0.25, 0.3) is 11.8 Å². The third-order valence-corrected chi connectivity index (χ3v) is 3.97. The van der Waals surface area contributed by atoms with Crippen LogP contribution in [0.3, 0.4) is 0 Å². The summed E-state index contributed by atoms with van der Waals surface area (Å²) >= 11 is 16.0. The van der Waals surface area contributed by atoms with Crippen LogP contribution in [0.4, 0.5) is 0 Å². The second-order valence-corrected chi connectivity index (χ2v) is 5.98. The Bertz CT molecular complexity index is 738. The molecule has 0 aliphatic rings. The van der Waals surface area contributed by atoms with Crippen molar-refractivity contribution in [2.45, 2.75) is 4.90 Å². The highest BCUT2D eigenvalue weighted by atomic mass is 35.5. The molecular weight excluding hydrogens is 355 g/mol. The van der Waals surface area contributed by atoms with Crippen LogP contribution in [0.15, 0.2) is 47.4 Å². The zero-order valence-corrected chi connectivity index (χ0v) is 14.4. The van der Waals surface area contributed by atoms with Crippen molar-refractivity contribution in [2.24, 2.45) is 0 Å². The Balaban J connectivity index is 1.83. The molecule has 2 aromatic rings. The first-order chi connectivity index (χ1) is 11.0. The van der Waals surface area contributed by atoms with E-state index in [1.54, 1.807) is 36.4 Å². The zero-order chi connectivity index (χ0) is 16.8. The number of halogens is 2. The number of thiol groups is 1.